The summed E-state index contributed by atoms with van der Waals surface area (Å²) in [6.07, 6.45) is 2.07. The molecule has 18 heavy (non-hydrogen) atoms. The second-order valence-corrected chi connectivity index (χ2v) is 3.77. The summed E-state index contributed by atoms with van der Waals surface area (Å²) in [6, 6.07) is 9.61. The maximum Gasteiger partial charge on any atom is 0.184 e. The van der Waals surface area contributed by atoms with Gasteiger partial charge in [-0.2, -0.15) is 9.78 Å². The molecule has 0 aliphatic rings. The average Bonchev–Trinajstić information content (AvgIpc) is 2.84. The molecule has 1 heterocycles. The van der Waals surface area contributed by atoms with Crippen LogP contribution < -0.4 is 11.2 Å². The van der Waals surface area contributed by atoms with E-state index in [9.17, 15) is 0 Å². The average molecular weight is 261 g/mol. The highest BCUT2D eigenvalue weighted by atomic mass is 32.1. The van der Waals surface area contributed by atoms with Gasteiger partial charge in [0.05, 0.1) is 5.69 Å². The molecule has 7 nitrogen and oxygen atoms in total. The van der Waals surface area contributed by atoms with Crippen LogP contribution >= 0.6 is 12.2 Å². The van der Waals surface area contributed by atoms with Crippen molar-refractivity contribution < 1.29 is 0 Å². The standard InChI is InChI=1S/C10H11N7S/c11-10(18)14-12-7-6-9-13-15-16-17(9)8-4-2-1-3-5-8/h1-5,7H,6H2,(H3,11,14,18)/b12-7+. The first kappa shape index (κ1) is 12.1. The Bertz CT molecular complexity index is 548. The third-order valence-electron chi connectivity index (χ3n) is 2.07. The summed E-state index contributed by atoms with van der Waals surface area (Å²) in [5.41, 5.74) is 8.60. The molecule has 0 aliphatic heterocycles. The number of rotatable bonds is 4. The van der Waals surface area contributed by atoms with Crippen LogP contribution in [0.25, 0.3) is 5.69 Å². The highest BCUT2D eigenvalue weighted by Crippen LogP contribution is 2.06. The molecule has 2 aromatic rings. The lowest BCUT2D eigenvalue weighted by Gasteiger charge is -2.01. The SMILES string of the molecule is NC(=S)N/N=C/Cc1nnnn1-c1ccccc1. The van der Waals surface area contributed by atoms with Crippen LogP contribution in [0, 0.1) is 0 Å². The van der Waals surface area contributed by atoms with E-state index in [4.69, 9.17) is 5.73 Å². The normalized spacial score (nSPS) is 10.7. The molecule has 0 amide bonds. The number of nitrogens with one attached hydrogen (secondary N) is 1. The first-order valence-electron chi connectivity index (χ1n) is 5.17. The number of para-hydroxylation sites is 1. The number of tetrazole rings is 1. The van der Waals surface area contributed by atoms with Crippen molar-refractivity contribution in [2.45, 2.75) is 6.42 Å². The van der Waals surface area contributed by atoms with Gasteiger partial charge in [0.2, 0.25) is 0 Å². The van der Waals surface area contributed by atoms with Crippen molar-refractivity contribution in [3.8, 4) is 5.69 Å². The number of hydrogen-bond acceptors (Lipinski definition) is 5. The summed E-state index contributed by atoms with van der Waals surface area (Å²) in [5, 5.41) is 15.4. The van der Waals surface area contributed by atoms with Gasteiger partial charge in [-0.05, 0) is 34.8 Å². The molecule has 0 fully saturated rings. The third-order valence-corrected chi connectivity index (χ3v) is 2.17. The van der Waals surface area contributed by atoms with Crippen LogP contribution in [0.15, 0.2) is 35.4 Å². The fourth-order valence-corrected chi connectivity index (χ4v) is 1.39. The van der Waals surface area contributed by atoms with Crippen LogP contribution in [0.3, 0.4) is 0 Å². The van der Waals surface area contributed by atoms with E-state index in [1.807, 2.05) is 30.3 Å². The highest BCUT2D eigenvalue weighted by Gasteiger charge is 2.05. The van der Waals surface area contributed by atoms with Crippen LogP contribution in [0.5, 0.6) is 0 Å². The second kappa shape index (κ2) is 5.82. The predicted molar refractivity (Wildman–Crippen MR) is 71.3 cm³/mol. The number of nitrogens with two attached hydrogens (primary N) is 1. The molecule has 0 radical (unpaired) electrons. The van der Waals surface area contributed by atoms with Gasteiger partial charge < -0.3 is 5.73 Å². The second-order valence-electron chi connectivity index (χ2n) is 3.33. The monoisotopic (exact) mass is 261 g/mol. The molecular formula is C10H11N7S. The topological polar surface area (TPSA) is 94.0 Å². The molecule has 1 aromatic heterocycles. The maximum absolute atomic E-state index is 5.23. The number of hydrazone groups is 1. The van der Waals surface area contributed by atoms with E-state index in [0.717, 1.165) is 5.69 Å². The summed E-state index contributed by atoms with van der Waals surface area (Å²) < 4.78 is 1.65. The third kappa shape index (κ3) is 3.08. The van der Waals surface area contributed by atoms with E-state index in [-0.39, 0.29) is 5.11 Å². The van der Waals surface area contributed by atoms with Crippen LogP contribution in [0.1, 0.15) is 5.82 Å². The predicted octanol–water partition coefficient (Wildman–Crippen LogP) is 0.0238. The molecule has 0 saturated heterocycles. The van der Waals surface area contributed by atoms with Crippen molar-refractivity contribution >= 4 is 23.5 Å². The molecule has 3 N–H and O–H groups in total. The van der Waals surface area contributed by atoms with Gasteiger partial charge in [-0.1, -0.05) is 18.2 Å². The minimum atomic E-state index is 0.119. The molecule has 0 aliphatic carbocycles. The van der Waals surface area contributed by atoms with E-state index in [2.05, 4.69) is 38.3 Å². The van der Waals surface area contributed by atoms with Gasteiger partial charge in [-0.25, -0.2) is 0 Å². The van der Waals surface area contributed by atoms with Crippen molar-refractivity contribution in [3.63, 3.8) is 0 Å². The van der Waals surface area contributed by atoms with Crippen LogP contribution in [0.4, 0.5) is 0 Å². The zero-order valence-electron chi connectivity index (χ0n) is 9.39. The lowest BCUT2D eigenvalue weighted by atomic mass is 10.3. The smallest absolute Gasteiger partial charge is 0.184 e. The Morgan fingerprint density at radius 3 is 2.94 bits per heavy atom. The summed E-state index contributed by atoms with van der Waals surface area (Å²) in [6.45, 7) is 0. The minimum Gasteiger partial charge on any atom is -0.375 e. The molecule has 0 spiro atoms. The van der Waals surface area contributed by atoms with Gasteiger partial charge in [0.15, 0.2) is 10.9 Å². The summed E-state index contributed by atoms with van der Waals surface area (Å²) >= 11 is 4.62. The first-order chi connectivity index (χ1) is 8.77. The molecule has 2 rings (SSSR count). The minimum absolute atomic E-state index is 0.119. The fourth-order valence-electron chi connectivity index (χ4n) is 1.34. The van der Waals surface area contributed by atoms with Crippen LogP contribution in [0.2, 0.25) is 0 Å². The number of benzene rings is 1. The fraction of sp³-hybridized carbons (Fsp3) is 0.100. The van der Waals surface area contributed by atoms with Crippen LogP contribution in [-0.2, 0) is 6.42 Å². The molecule has 0 saturated carbocycles. The van der Waals surface area contributed by atoms with E-state index in [1.165, 1.54) is 0 Å². The number of thiocarbonyl (C=S) groups is 1. The zero-order valence-corrected chi connectivity index (χ0v) is 10.2. The summed E-state index contributed by atoms with van der Waals surface area (Å²) in [7, 11) is 0. The van der Waals surface area contributed by atoms with Crippen molar-refractivity contribution in [1.82, 2.24) is 25.6 Å². The molecular weight excluding hydrogens is 250 g/mol. The van der Waals surface area contributed by atoms with Crippen molar-refractivity contribution in [1.29, 1.82) is 0 Å². The van der Waals surface area contributed by atoms with Gasteiger partial charge >= 0.3 is 0 Å². The van der Waals surface area contributed by atoms with E-state index < -0.39 is 0 Å². The first-order valence-corrected chi connectivity index (χ1v) is 5.58. The molecule has 0 unspecified atom stereocenters. The largest absolute Gasteiger partial charge is 0.375 e. The van der Waals surface area contributed by atoms with Gasteiger partial charge in [-0.3, -0.25) is 5.43 Å². The van der Waals surface area contributed by atoms with Crippen LogP contribution in [-0.4, -0.2) is 31.5 Å². The maximum atomic E-state index is 5.23. The number of hydrogen-bond donors (Lipinski definition) is 2. The van der Waals surface area contributed by atoms with Gasteiger partial charge in [0.1, 0.15) is 0 Å². The van der Waals surface area contributed by atoms with Crippen molar-refractivity contribution in [2.75, 3.05) is 0 Å². The zero-order chi connectivity index (χ0) is 12.8. The molecule has 1 aromatic carbocycles. The Kier molecular flexibility index (Phi) is 3.92. The Hall–Kier alpha value is -2.35. The van der Waals surface area contributed by atoms with Crippen molar-refractivity contribution in [2.24, 2.45) is 10.8 Å². The lowest BCUT2D eigenvalue weighted by Crippen LogP contribution is -2.24. The number of aromatic nitrogens is 4. The quantitative estimate of drug-likeness (QED) is 0.458. The van der Waals surface area contributed by atoms with Gasteiger partial charge in [0, 0.05) is 12.6 Å². The van der Waals surface area contributed by atoms with Crippen molar-refractivity contribution in [3.05, 3.63) is 36.2 Å². The molecule has 8 heteroatoms. The Labute approximate surface area is 109 Å². The molecule has 92 valence electrons. The Morgan fingerprint density at radius 2 is 2.22 bits per heavy atom. The molecule has 0 atom stereocenters. The van der Waals surface area contributed by atoms with E-state index in [1.54, 1.807) is 10.9 Å². The van der Waals surface area contributed by atoms with Gasteiger partial charge in [-0.15, -0.1) is 5.10 Å². The Balaban J connectivity index is 2.09. The highest BCUT2D eigenvalue weighted by molar-refractivity contribution is 7.80. The van der Waals surface area contributed by atoms with E-state index >= 15 is 0 Å². The summed E-state index contributed by atoms with van der Waals surface area (Å²) in [5.74, 6) is 0.676. The Morgan fingerprint density at radius 1 is 1.44 bits per heavy atom. The molecule has 0 bridgehead atoms. The van der Waals surface area contributed by atoms with E-state index in [0.29, 0.717) is 12.2 Å². The lowest BCUT2D eigenvalue weighted by molar-refractivity contribution is 0.775. The van der Waals surface area contributed by atoms with Gasteiger partial charge in [0.25, 0.3) is 0 Å². The number of nitrogens with zero attached hydrogens (tertiary/aromatic N) is 5. The summed E-state index contributed by atoms with van der Waals surface area (Å²) in [4.78, 5) is 0.